The van der Waals surface area contributed by atoms with Crippen LogP contribution in [0.2, 0.25) is 0 Å². The van der Waals surface area contributed by atoms with E-state index in [0.29, 0.717) is 11.4 Å². The first-order valence-corrected chi connectivity index (χ1v) is 9.81. The Morgan fingerprint density at radius 3 is 2.78 bits per heavy atom. The average Bonchev–Trinajstić information content (AvgIpc) is 3.39. The van der Waals surface area contributed by atoms with E-state index in [-0.39, 0.29) is 12.6 Å². The van der Waals surface area contributed by atoms with Crippen LogP contribution in [0.5, 0.6) is 0 Å². The van der Waals surface area contributed by atoms with E-state index in [4.69, 9.17) is 4.74 Å². The van der Waals surface area contributed by atoms with Crippen molar-refractivity contribution in [1.82, 2.24) is 9.97 Å². The zero-order valence-electron chi connectivity index (χ0n) is 14.8. The molecule has 3 aromatic rings. The van der Waals surface area contributed by atoms with Crippen LogP contribution in [0.25, 0.3) is 0 Å². The molecule has 4 rings (SSSR count). The molecule has 6 nitrogen and oxygen atoms in total. The third kappa shape index (κ3) is 4.25. The molecule has 2 aromatic heterocycles. The number of pyridine rings is 1. The van der Waals surface area contributed by atoms with Crippen molar-refractivity contribution >= 4 is 33.9 Å². The Kier molecular flexibility index (Phi) is 5.29. The predicted molar refractivity (Wildman–Crippen MR) is 107 cm³/mol. The van der Waals surface area contributed by atoms with Gasteiger partial charge in [-0.05, 0) is 37.1 Å². The minimum atomic E-state index is -0.365. The van der Waals surface area contributed by atoms with Crippen LogP contribution < -0.4 is 10.2 Å². The van der Waals surface area contributed by atoms with E-state index >= 15 is 0 Å². The van der Waals surface area contributed by atoms with Crippen LogP contribution in [0.3, 0.4) is 0 Å². The molecule has 0 spiro atoms. The second kappa shape index (κ2) is 8.18. The molecule has 1 aliphatic heterocycles. The Hall–Kier alpha value is -2.93. The van der Waals surface area contributed by atoms with Crippen molar-refractivity contribution in [3.05, 3.63) is 65.3 Å². The van der Waals surface area contributed by atoms with Crippen LogP contribution in [0.1, 0.15) is 28.9 Å². The molecule has 0 unspecified atom stereocenters. The Labute approximate surface area is 161 Å². The highest BCUT2D eigenvalue weighted by Gasteiger charge is 2.21. The van der Waals surface area contributed by atoms with Crippen molar-refractivity contribution in [1.29, 1.82) is 0 Å². The fraction of sp³-hybridized carbons (Fsp3) is 0.250. The predicted octanol–water partition coefficient (Wildman–Crippen LogP) is 4.24. The summed E-state index contributed by atoms with van der Waals surface area (Å²) in [4.78, 5) is 23.6. The molecule has 27 heavy (non-hydrogen) atoms. The number of hydrogen-bond acceptors (Lipinski definition) is 7. The van der Waals surface area contributed by atoms with E-state index in [2.05, 4.69) is 20.2 Å². The lowest BCUT2D eigenvalue weighted by Gasteiger charge is -2.18. The van der Waals surface area contributed by atoms with Crippen LogP contribution in [0.4, 0.5) is 16.6 Å². The van der Waals surface area contributed by atoms with Gasteiger partial charge in [0.2, 0.25) is 0 Å². The third-order valence-corrected chi connectivity index (χ3v) is 5.15. The van der Waals surface area contributed by atoms with Gasteiger partial charge in [0.05, 0.1) is 5.69 Å². The number of carbonyl (C=O) groups excluding carboxylic acids is 1. The molecule has 138 valence electrons. The summed E-state index contributed by atoms with van der Waals surface area (Å²) in [5.41, 5.74) is 2.21. The highest BCUT2D eigenvalue weighted by molar-refractivity contribution is 7.13. The van der Waals surface area contributed by atoms with Crippen molar-refractivity contribution in [2.45, 2.75) is 19.4 Å². The topological polar surface area (TPSA) is 67.3 Å². The second-order valence-electron chi connectivity index (χ2n) is 6.28. The number of benzene rings is 1. The molecule has 1 fully saturated rings. The summed E-state index contributed by atoms with van der Waals surface area (Å²) in [6.07, 6.45) is 3.97. The maximum atomic E-state index is 12.6. The summed E-state index contributed by atoms with van der Waals surface area (Å²) in [6.45, 7) is 2.00. The van der Waals surface area contributed by atoms with Crippen LogP contribution in [-0.4, -0.2) is 29.0 Å². The van der Waals surface area contributed by atoms with Crippen LogP contribution in [0, 0.1) is 0 Å². The molecule has 0 aliphatic carbocycles. The highest BCUT2D eigenvalue weighted by atomic mass is 32.1. The minimum absolute atomic E-state index is 0.139. The Balaban J connectivity index is 1.39. The first-order chi connectivity index (χ1) is 13.3. The van der Waals surface area contributed by atoms with Gasteiger partial charge in [0.15, 0.2) is 5.13 Å². The van der Waals surface area contributed by atoms with Crippen molar-refractivity contribution < 1.29 is 9.53 Å². The average molecular weight is 380 g/mol. The summed E-state index contributed by atoms with van der Waals surface area (Å²) in [6, 6.07) is 13.4. The lowest BCUT2D eigenvalue weighted by atomic mass is 10.2. The van der Waals surface area contributed by atoms with Gasteiger partial charge in [-0.2, -0.15) is 0 Å². The highest BCUT2D eigenvalue weighted by Crippen LogP contribution is 2.24. The molecule has 1 N–H and O–H groups in total. The number of carbonyl (C=O) groups is 1. The quantitative estimate of drug-likeness (QED) is 0.645. The molecule has 0 amide bonds. The number of nitrogens with one attached hydrogen (secondary N) is 1. The Morgan fingerprint density at radius 1 is 1.15 bits per heavy atom. The van der Waals surface area contributed by atoms with Gasteiger partial charge in [0.25, 0.3) is 0 Å². The first kappa shape index (κ1) is 17.5. The molecule has 1 aliphatic rings. The first-order valence-electron chi connectivity index (χ1n) is 8.93. The molecule has 3 heterocycles. The van der Waals surface area contributed by atoms with Crippen LogP contribution in [0.15, 0.2) is 54.0 Å². The molecule has 0 radical (unpaired) electrons. The second-order valence-corrected chi connectivity index (χ2v) is 7.14. The number of aromatic nitrogens is 2. The lowest BCUT2D eigenvalue weighted by molar-refractivity contribution is 0.0469. The van der Waals surface area contributed by atoms with Crippen molar-refractivity contribution in [2.75, 3.05) is 23.3 Å². The summed E-state index contributed by atoms with van der Waals surface area (Å²) in [5.74, 6) is 0.347. The zero-order valence-corrected chi connectivity index (χ0v) is 15.6. The van der Waals surface area contributed by atoms with E-state index < -0.39 is 0 Å². The number of anilines is 3. The van der Waals surface area contributed by atoms with Gasteiger partial charge in [0, 0.05) is 30.4 Å². The lowest BCUT2D eigenvalue weighted by Crippen LogP contribution is -2.22. The van der Waals surface area contributed by atoms with E-state index in [0.717, 1.165) is 42.4 Å². The normalized spacial score (nSPS) is 13.6. The number of para-hydroxylation sites is 1. The summed E-state index contributed by atoms with van der Waals surface area (Å²) in [7, 11) is 0. The van der Waals surface area contributed by atoms with Gasteiger partial charge >= 0.3 is 5.97 Å². The van der Waals surface area contributed by atoms with Gasteiger partial charge in [0.1, 0.15) is 18.0 Å². The third-order valence-electron chi connectivity index (χ3n) is 4.34. The van der Waals surface area contributed by atoms with Gasteiger partial charge in [-0.15, -0.1) is 11.3 Å². The zero-order chi connectivity index (χ0) is 18.5. The van der Waals surface area contributed by atoms with Crippen LogP contribution >= 0.6 is 11.3 Å². The fourth-order valence-corrected chi connectivity index (χ4v) is 3.75. The summed E-state index contributed by atoms with van der Waals surface area (Å²) < 4.78 is 5.49. The fourth-order valence-electron chi connectivity index (χ4n) is 3.03. The molecular weight excluding hydrogens is 360 g/mol. The molecule has 7 heteroatoms. The minimum Gasteiger partial charge on any atom is -0.455 e. The van der Waals surface area contributed by atoms with Gasteiger partial charge in [-0.3, -0.25) is 0 Å². The summed E-state index contributed by atoms with van der Waals surface area (Å²) >= 11 is 1.48. The van der Waals surface area contributed by atoms with E-state index in [9.17, 15) is 4.79 Å². The smallest absolute Gasteiger partial charge is 0.342 e. The SMILES string of the molecule is O=C(OCc1csc(Nc2ccccc2)n1)c1cccnc1N1CCCC1. The van der Waals surface area contributed by atoms with Gasteiger partial charge < -0.3 is 15.0 Å². The van der Waals surface area contributed by atoms with Gasteiger partial charge in [-0.1, -0.05) is 18.2 Å². The molecule has 0 atom stereocenters. The molecule has 1 aromatic carbocycles. The van der Waals surface area contributed by atoms with Gasteiger partial charge in [-0.25, -0.2) is 14.8 Å². The maximum Gasteiger partial charge on any atom is 0.342 e. The molecule has 1 saturated heterocycles. The largest absolute Gasteiger partial charge is 0.455 e. The number of ether oxygens (including phenoxy) is 1. The summed E-state index contributed by atoms with van der Waals surface area (Å²) in [5, 5.41) is 5.90. The molecular formula is C20H20N4O2S. The Morgan fingerprint density at radius 2 is 1.96 bits per heavy atom. The van der Waals surface area contributed by atoms with Crippen molar-refractivity contribution in [3.8, 4) is 0 Å². The number of hydrogen-bond donors (Lipinski definition) is 1. The molecule has 0 saturated carbocycles. The number of nitrogens with zero attached hydrogens (tertiary/aromatic N) is 3. The standard InChI is InChI=1S/C20H20N4O2S/c25-19(17-9-6-10-21-18(17)24-11-4-5-12-24)26-13-16-14-27-20(23-16)22-15-7-2-1-3-8-15/h1-3,6-10,14H,4-5,11-13H2,(H,22,23). The van der Waals surface area contributed by atoms with Crippen molar-refractivity contribution in [2.24, 2.45) is 0 Å². The monoisotopic (exact) mass is 380 g/mol. The number of rotatable bonds is 6. The molecule has 0 bridgehead atoms. The Bertz CT molecular complexity index is 907. The van der Waals surface area contributed by atoms with Crippen LogP contribution in [-0.2, 0) is 11.3 Å². The maximum absolute atomic E-state index is 12.6. The number of thiazole rings is 1. The number of esters is 1. The van der Waals surface area contributed by atoms with E-state index in [1.54, 1.807) is 18.3 Å². The van der Waals surface area contributed by atoms with E-state index in [1.165, 1.54) is 11.3 Å². The van der Waals surface area contributed by atoms with Crippen molar-refractivity contribution in [3.63, 3.8) is 0 Å². The van der Waals surface area contributed by atoms with E-state index in [1.807, 2.05) is 35.7 Å².